The largest absolute Gasteiger partial charge is 0.481 e. The molecule has 2 atom stereocenters. The van der Waals surface area contributed by atoms with Gasteiger partial charge in [0.1, 0.15) is 24.2 Å². The van der Waals surface area contributed by atoms with E-state index in [4.69, 9.17) is 9.84 Å². The zero-order chi connectivity index (χ0) is 32.7. The number of Topliss-reactive ketones (excluding diaryl/α,β-unsaturated/α-hetero) is 1. The summed E-state index contributed by atoms with van der Waals surface area (Å²) in [4.78, 5) is 62.9. The molecule has 0 spiro atoms. The van der Waals surface area contributed by atoms with Crippen molar-refractivity contribution in [2.45, 2.75) is 88.8 Å². The molecule has 12 nitrogen and oxygen atoms in total. The first-order chi connectivity index (χ1) is 21.2. The SMILES string of the molecule is CCC1(O)C(=O)OCC2=C1CC1=C(C2=O)N2Cc3c(cccc3CC[Si](C)(C)CCC(=O)NC(CCC(=O)O)C(=O)O)C=C2N1. The zero-order valence-electron chi connectivity index (χ0n) is 25.7. The highest BCUT2D eigenvalue weighted by Crippen LogP contribution is 2.44. The van der Waals surface area contributed by atoms with Crippen molar-refractivity contribution >= 4 is 43.7 Å². The predicted octanol–water partition coefficient (Wildman–Crippen LogP) is 2.66. The Morgan fingerprint density at radius 1 is 1.16 bits per heavy atom. The van der Waals surface area contributed by atoms with Crippen LogP contribution in [0.5, 0.6) is 0 Å². The first-order valence-electron chi connectivity index (χ1n) is 15.2. The van der Waals surface area contributed by atoms with Crippen LogP contribution in [-0.2, 0) is 41.7 Å². The van der Waals surface area contributed by atoms with E-state index in [0.29, 0.717) is 35.1 Å². The molecule has 2 unspecified atom stereocenters. The molecule has 5 rings (SSSR count). The third-order valence-electron chi connectivity index (χ3n) is 9.33. The lowest BCUT2D eigenvalue weighted by atomic mass is 9.78. The first kappa shape index (κ1) is 32.2. The quantitative estimate of drug-likeness (QED) is 0.168. The molecule has 3 aliphatic heterocycles. The van der Waals surface area contributed by atoms with Crippen LogP contribution < -0.4 is 10.6 Å². The number of hydrogen-bond donors (Lipinski definition) is 5. The highest BCUT2D eigenvalue weighted by atomic mass is 28.3. The fraction of sp³-hybridized carbons (Fsp3) is 0.469. The summed E-state index contributed by atoms with van der Waals surface area (Å²) in [6, 6.07) is 6.43. The smallest absolute Gasteiger partial charge is 0.342 e. The molecule has 1 amide bonds. The number of carboxylic acids is 2. The average molecular weight is 638 g/mol. The van der Waals surface area contributed by atoms with Gasteiger partial charge in [-0.05, 0) is 53.6 Å². The molecular formula is C32H39N3O9Si. The molecule has 5 N–H and O–H groups in total. The van der Waals surface area contributed by atoms with Crippen molar-refractivity contribution in [1.82, 2.24) is 15.5 Å². The van der Waals surface area contributed by atoms with Gasteiger partial charge in [0.05, 0.1) is 6.54 Å². The lowest BCUT2D eigenvalue weighted by Gasteiger charge is -2.36. The summed E-state index contributed by atoms with van der Waals surface area (Å²) in [5.41, 5.74) is 3.42. The van der Waals surface area contributed by atoms with Crippen molar-refractivity contribution in [3.8, 4) is 0 Å². The van der Waals surface area contributed by atoms with E-state index in [1.165, 1.54) is 0 Å². The third-order valence-corrected chi connectivity index (χ3v) is 12.5. The van der Waals surface area contributed by atoms with Gasteiger partial charge in [-0.2, -0.15) is 0 Å². The van der Waals surface area contributed by atoms with Crippen LogP contribution in [0.25, 0.3) is 6.08 Å². The summed E-state index contributed by atoms with van der Waals surface area (Å²) < 4.78 is 5.22. The van der Waals surface area contributed by atoms with Crippen molar-refractivity contribution in [2.75, 3.05) is 6.61 Å². The number of carboxylic acid groups (broad SMARTS) is 2. The summed E-state index contributed by atoms with van der Waals surface area (Å²) in [5, 5.41) is 35.1. The number of aryl methyl sites for hydroxylation is 1. The number of esters is 1. The molecule has 1 aromatic carbocycles. The number of aliphatic hydroxyl groups is 1. The standard InChI is InChI=1S/C32H39N3O9Si/c1-4-32(43)22-15-24-28(29(39)21(22)17-44-31(32)42)35-16-20-18(6-5-7-19(20)14-25(35)33-24)10-12-45(2,3)13-11-26(36)34-23(30(40)41)8-9-27(37)38/h5-7,14,23,33,43H,4,8-13,15-17H2,1-3H3,(H,34,36)(H,37,38)(H,40,41). The molecule has 45 heavy (non-hydrogen) atoms. The fourth-order valence-corrected chi connectivity index (χ4v) is 8.54. The lowest BCUT2D eigenvalue weighted by molar-refractivity contribution is -0.163. The Morgan fingerprint density at radius 2 is 1.91 bits per heavy atom. The molecule has 0 saturated heterocycles. The van der Waals surface area contributed by atoms with Crippen molar-refractivity contribution < 1.29 is 44.0 Å². The number of ether oxygens (including phenoxy) is 1. The third kappa shape index (κ3) is 6.32. The highest BCUT2D eigenvalue weighted by molar-refractivity contribution is 6.77. The summed E-state index contributed by atoms with van der Waals surface area (Å²) in [6.07, 6.45) is 2.82. The Labute approximate surface area is 261 Å². The van der Waals surface area contributed by atoms with Crippen LogP contribution in [0.4, 0.5) is 0 Å². The average Bonchev–Trinajstić information content (AvgIpc) is 3.35. The number of nitrogens with one attached hydrogen (secondary N) is 2. The fourth-order valence-electron chi connectivity index (χ4n) is 6.44. The molecular weight excluding hydrogens is 598 g/mol. The Bertz CT molecular complexity index is 1580. The van der Waals surface area contributed by atoms with Gasteiger partial charge < -0.3 is 35.6 Å². The summed E-state index contributed by atoms with van der Waals surface area (Å²) in [5.74, 6) is -2.96. The lowest BCUT2D eigenvalue weighted by Crippen LogP contribution is -2.48. The number of benzene rings is 1. The number of ketones is 1. The highest BCUT2D eigenvalue weighted by Gasteiger charge is 2.51. The molecule has 240 valence electrons. The van der Waals surface area contributed by atoms with Crippen LogP contribution in [0.2, 0.25) is 25.2 Å². The topological polar surface area (TPSA) is 183 Å². The number of hydrogen-bond acceptors (Lipinski definition) is 9. The Hall–Kier alpha value is -4.23. The first-order valence-corrected chi connectivity index (χ1v) is 18.7. The van der Waals surface area contributed by atoms with Crippen molar-refractivity contribution in [1.29, 1.82) is 0 Å². The van der Waals surface area contributed by atoms with Gasteiger partial charge >= 0.3 is 17.9 Å². The van der Waals surface area contributed by atoms with E-state index in [2.05, 4.69) is 29.8 Å². The maximum absolute atomic E-state index is 13.7. The van der Waals surface area contributed by atoms with Gasteiger partial charge in [0.25, 0.3) is 0 Å². The van der Waals surface area contributed by atoms with Crippen molar-refractivity contribution in [2.24, 2.45) is 0 Å². The second-order valence-electron chi connectivity index (χ2n) is 12.9. The summed E-state index contributed by atoms with van der Waals surface area (Å²) in [6.45, 7) is 6.39. The van der Waals surface area contributed by atoms with E-state index in [0.717, 1.165) is 35.0 Å². The van der Waals surface area contributed by atoms with E-state index in [1.54, 1.807) is 6.92 Å². The normalized spacial score (nSPS) is 21.2. The number of rotatable bonds is 12. The number of allylic oxidation sites excluding steroid dienone is 2. The second kappa shape index (κ2) is 12.3. The molecule has 0 bridgehead atoms. The van der Waals surface area contributed by atoms with E-state index < -0.39 is 43.5 Å². The van der Waals surface area contributed by atoms with Gasteiger partial charge in [0.2, 0.25) is 11.7 Å². The van der Waals surface area contributed by atoms with Crippen molar-refractivity contribution in [3.05, 3.63) is 63.3 Å². The van der Waals surface area contributed by atoms with Crippen molar-refractivity contribution in [3.63, 3.8) is 0 Å². The maximum atomic E-state index is 13.7. The monoisotopic (exact) mass is 637 g/mol. The molecule has 13 heteroatoms. The number of carbonyl (C=O) groups excluding carboxylic acids is 3. The second-order valence-corrected chi connectivity index (χ2v) is 18.2. The number of cyclic esters (lactones) is 1. The molecule has 3 heterocycles. The van der Waals surface area contributed by atoms with Crippen LogP contribution in [0, 0.1) is 0 Å². The van der Waals surface area contributed by atoms with Gasteiger partial charge in [-0.25, -0.2) is 9.59 Å². The molecule has 4 aliphatic rings. The van der Waals surface area contributed by atoms with Gasteiger partial charge in [-0.3, -0.25) is 14.4 Å². The molecule has 0 fully saturated rings. The van der Waals surface area contributed by atoms with Gasteiger partial charge in [-0.1, -0.05) is 44.3 Å². The Morgan fingerprint density at radius 3 is 2.60 bits per heavy atom. The Kier molecular flexibility index (Phi) is 8.78. The van der Waals surface area contributed by atoms with E-state index >= 15 is 0 Å². The van der Waals surface area contributed by atoms with Crippen LogP contribution in [0.15, 0.2) is 46.6 Å². The number of nitrogens with zero attached hydrogens (tertiary/aromatic N) is 1. The molecule has 1 aliphatic carbocycles. The van der Waals surface area contributed by atoms with Gasteiger partial charge in [0.15, 0.2) is 5.60 Å². The van der Waals surface area contributed by atoms with Gasteiger partial charge in [-0.15, -0.1) is 0 Å². The van der Waals surface area contributed by atoms with Gasteiger partial charge in [0, 0.05) is 38.6 Å². The minimum Gasteiger partial charge on any atom is -0.481 e. The van der Waals surface area contributed by atoms with Crippen LogP contribution >= 0.6 is 0 Å². The van der Waals surface area contributed by atoms with Crippen LogP contribution in [0.1, 0.15) is 55.7 Å². The number of amides is 1. The molecule has 0 aromatic heterocycles. The summed E-state index contributed by atoms with van der Waals surface area (Å²) >= 11 is 0. The predicted molar refractivity (Wildman–Crippen MR) is 165 cm³/mol. The minimum absolute atomic E-state index is 0.113. The van der Waals surface area contributed by atoms with E-state index in [9.17, 15) is 34.2 Å². The van der Waals surface area contributed by atoms with E-state index in [1.807, 2.05) is 23.1 Å². The Balaban J connectivity index is 1.25. The molecule has 1 aromatic rings. The molecule has 0 saturated carbocycles. The minimum atomic E-state index is -1.90. The van der Waals surface area contributed by atoms with E-state index in [-0.39, 0.29) is 44.5 Å². The van der Waals surface area contributed by atoms with Crippen LogP contribution in [0.3, 0.4) is 0 Å². The molecule has 0 radical (unpaired) electrons. The summed E-state index contributed by atoms with van der Waals surface area (Å²) in [7, 11) is -1.90. The maximum Gasteiger partial charge on any atom is 0.342 e. The number of carbonyl (C=O) groups is 5. The number of fused-ring (bicyclic) bond motifs is 3. The zero-order valence-corrected chi connectivity index (χ0v) is 26.7. The number of aliphatic carboxylic acids is 2. The van der Waals surface area contributed by atoms with Crippen LogP contribution in [-0.4, -0.2) is 76.1 Å².